The Balaban J connectivity index is 1.58. The molecule has 5 heteroatoms. The first kappa shape index (κ1) is 16.2. The zero-order valence-electron chi connectivity index (χ0n) is 13.6. The van der Waals surface area contributed by atoms with Gasteiger partial charge in [0.1, 0.15) is 24.7 Å². The van der Waals surface area contributed by atoms with Crippen LogP contribution in [-0.2, 0) is 11.2 Å². The Morgan fingerprint density at radius 1 is 1.08 bits per heavy atom. The lowest BCUT2D eigenvalue weighted by Gasteiger charge is -2.18. The van der Waals surface area contributed by atoms with Crippen LogP contribution < -0.4 is 18.9 Å². The predicted molar refractivity (Wildman–Crippen MR) is 89.0 cm³/mol. The summed E-state index contributed by atoms with van der Waals surface area (Å²) in [6.45, 7) is 3.57. The van der Waals surface area contributed by atoms with Gasteiger partial charge in [-0.25, -0.2) is 0 Å². The fourth-order valence-corrected chi connectivity index (χ4v) is 2.51. The highest BCUT2D eigenvalue weighted by Gasteiger charge is 2.14. The molecular weight excluding hydrogens is 308 g/mol. The van der Waals surface area contributed by atoms with Crippen molar-refractivity contribution in [1.29, 1.82) is 0 Å². The molecule has 0 aliphatic carbocycles. The van der Waals surface area contributed by atoms with Crippen molar-refractivity contribution in [2.75, 3.05) is 19.8 Å². The van der Waals surface area contributed by atoms with Crippen molar-refractivity contribution in [2.45, 2.75) is 19.8 Å². The minimum absolute atomic E-state index is 0.276. The third-order valence-electron chi connectivity index (χ3n) is 3.62. The van der Waals surface area contributed by atoms with Crippen LogP contribution in [0.1, 0.15) is 18.9 Å². The van der Waals surface area contributed by atoms with Gasteiger partial charge in [0.05, 0.1) is 13.0 Å². The maximum Gasteiger partial charge on any atom is 0.311 e. The highest BCUT2D eigenvalue weighted by molar-refractivity contribution is 5.73. The topological polar surface area (TPSA) is 54.0 Å². The summed E-state index contributed by atoms with van der Waals surface area (Å²) in [6.07, 6.45) is 0.845. The van der Waals surface area contributed by atoms with E-state index in [1.807, 2.05) is 31.2 Å². The summed E-state index contributed by atoms with van der Waals surface area (Å²) in [5.74, 6) is 2.26. The van der Waals surface area contributed by atoms with E-state index in [0.717, 1.165) is 11.3 Å². The molecule has 1 aliphatic heterocycles. The van der Waals surface area contributed by atoms with Crippen molar-refractivity contribution in [2.24, 2.45) is 0 Å². The van der Waals surface area contributed by atoms with Crippen molar-refractivity contribution >= 4 is 5.97 Å². The normalized spacial score (nSPS) is 12.5. The number of esters is 1. The van der Waals surface area contributed by atoms with Gasteiger partial charge in [-0.1, -0.05) is 18.2 Å². The van der Waals surface area contributed by atoms with E-state index < -0.39 is 0 Å². The Hall–Kier alpha value is -2.69. The molecule has 0 bridgehead atoms. The van der Waals surface area contributed by atoms with Gasteiger partial charge in [-0.3, -0.25) is 4.79 Å². The number of rotatable bonds is 6. The van der Waals surface area contributed by atoms with Gasteiger partial charge in [0.15, 0.2) is 11.5 Å². The summed E-state index contributed by atoms with van der Waals surface area (Å²) >= 11 is 0. The lowest BCUT2D eigenvalue weighted by Crippen LogP contribution is -2.15. The van der Waals surface area contributed by atoms with Crippen LogP contribution >= 0.6 is 0 Å². The largest absolute Gasteiger partial charge is 0.494 e. The van der Waals surface area contributed by atoms with Gasteiger partial charge >= 0.3 is 5.97 Å². The first-order valence-electron chi connectivity index (χ1n) is 8.07. The van der Waals surface area contributed by atoms with E-state index in [1.165, 1.54) is 0 Å². The lowest BCUT2D eigenvalue weighted by molar-refractivity contribution is -0.134. The molecule has 5 nitrogen and oxygen atoms in total. The van der Waals surface area contributed by atoms with Crippen LogP contribution in [0.4, 0.5) is 0 Å². The SMILES string of the molecule is CCOc1ccccc1CCC(=O)Oc1ccc2c(c1)OCCO2. The van der Waals surface area contributed by atoms with Crippen LogP contribution in [0.15, 0.2) is 42.5 Å². The number of benzene rings is 2. The molecule has 0 saturated heterocycles. The molecule has 126 valence electrons. The molecule has 0 radical (unpaired) electrons. The van der Waals surface area contributed by atoms with Gasteiger partial charge in [-0.05, 0) is 37.1 Å². The van der Waals surface area contributed by atoms with Crippen molar-refractivity contribution in [3.63, 3.8) is 0 Å². The smallest absolute Gasteiger partial charge is 0.311 e. The van der Waals surface area contributed by atoms with Gasteiger partial charge in [0.2, 0.25) is 0 Å². The first-order chi connectivity index (χ1) is 11.8. The summed E-state index contributed by atoms with van der Waals surface area (Å²) in [4.78, 5) is 12.1. The van der Waals surface area contributed by atoms with Crippen LogP contribution in [0.2, 0.25) is 0 Å². The molecule has 0 atom stereocenters. The molecule has 0 saturated carbocycles. The van der Waals surface area contributed by atoms with E-state index in [1.54, 1.807) is 18.2 Å². The summed E-state index contributed by atoms with van der Waals surface area (Å²) in [5, 5.41) is 0. The standard InChI is InChI=1S/C19H20O5/c1-2-21-16-6-4-3-5-14(16)7-10-19(20)24-15-8-9-17-18(13-15)23-12-11-22-17/h3-6,8-9,13H,2,7,10-12H2,1H3. The second-order valence-corrected chi connectivity index (χ2v) is 5.32. The van der Waals surface area contributed by atoms with Crippen molar-refractivity contribution in [1.82, 2.24) is 0 Å². The molecule has 0 N–H and O–H groups in total. The van der Waals surface area contributed by atoms with Crippen LogP contribution in [0.3, 0.4) is 0 Å². The van der Waals surface area contributed by atoms with E-state index in [-0.39, 0.29) is 12.4 Å². The Bertz CT molecular complexity index is 711. The first-order valence-corrected chi connectivity index (χ1v) is 8.07. The Morgan fingerprint density at radius 2 is 1.88 bits per heavy atom. The molecule has 1 heterocycles. The molecule has 24 heavy (non-hydrogen) atoms. The van der Waals surface area contributed by atoms with Gasteiger partial charge in [0, 0.05) is 6.07 Å². The van der Waals surface area contributed by atoms with Crippen molar-refractivity contribution in [3.05, 3.63) is 48.0 Å². The van der Waals surface area contributed by atoms with Gasteiger partial charge in [-0.2, -0.15) is 0 Å². The molecule has 3 rings (SSSR count). The molecule has 2 aromatic rings. The average molecular weight is 328 g/mol. The quantitative estimate of drug-likeness (QED) is 0.601. The van der Waals surface area contributed by atoms with E-state index in [0.29, 0.717) is 43.5 Å². The van der Waals surface area contributed by atoms with E-state index in [2.05, 4.69) is 0 Å². The minimum atomic E-state index is -0.294. The number of carbonyl (C=O) groups is 1. The third kappa shape index (κ3) is 3.98. The number of fused-ring (bicyclic) bond motifs is 1. The van der Waals surface area contributed by atoms with Crippen LogP contribution in [-0.4, -0.2) is 25.8 Å². The van der Waals surface area contributed by atoms with E-state index in [9.17, 15) is 4.79 Å². The third-order valence-corrected chi connectivity index (χ3v) is 3.62. The van der Waals surface area contributed by atoms with Crippen LogP contribution in [0.25, 0.3) is 0 Å². The maximum absolute atomic E-state index is 12.1. The number of aryl methyl sites for hydroxylation is 1. The molecule has 0 unspecified atom stereocenters. The predicted octanol–water partition coefficient (Wildman–Crippen LogP) is 3.39. The van der Waals surface area contributed by atoms with Gasteiger partial charge in [0.25, 0.3) is 0 Å². The second kappa shape index (κ2) is 7.73. The molecule has 0 spiro atoms. The van der Waals surface area contributed by atoms with Crippen molar-refractivity contribution < 1.29 is 23.7 Å². The summed E-state index contributed by atoms with van der Waals surface area (Å²) in [6, 6.07) is 12.9. The molecule has 1 aliphatic rings. The Labute approximate surface area is 141 Å². The lowest BCUT2D eigenvalue weighted by atomic mass is 10.1. The molecule has 2 aromatic carbocycles. The zero-order chi connectivity index (χ0) is 16.8. The number of para-hydroxylation sites is 1. The van der Waals surface area contributed by atoms with Crippen LogP contribution in [0.5, 0.6) is 23.0 Å². The summed E-state index contributed by atoms with van der Waals surface area (Å²) in [5.41, 5.74) is 0.999. The fraction of sp³-hybridized carbons (Fsp3) is 0.316. The average Bonchev–Trinajstić information content (AvgIpc) is 2.61. The molecule has 0 aromatic heterocycles. The van der Waals surface area contributed by atoms with Crippen molar-refractivity contribution in [3.8, 4) is 23.0 Å². The molecule has 0 fully saturated rings. The Morgan fingerprint density at radius 3 is 2.71 bits per heavy atom. The minimum Gasteiger partial charge on any atom is -0.494 e. The Kier molecular flexibility index (Phi) is 5.21. The number of ether oxygens (including phenoxy) is 4. The fourth-order valence-electron chi connectivity index (χ4n) is 2.51. The summed E-state index contributed by atoms with van der Waals surface area (Å²) < 4.78 is 21.9. The van der Waals surface area contributed by atoms with Gasteiger partial charge < -0.3 is 18.9 Å². The van der Waals surface area contributed by atoms with Gasteiger partial charge in [-0.15, -0.1) is 0 Å². The second-order valence-electron chi connectivity index (χ2n) is 5.32. The maximum atomic E-state index is 12.1. The number of hydrogen-bond acceptors (Lipinski definition) is 5. The highest BCUT2D eigenvalue weighted by Crippen LogP contribution is 2.33. The van der Waals surface area contributed by atoms with E-state index >= 15 is 0 Å². The zero-order valence-corrected chi connectivity index (χ0v) is 13.6. The monoisotopic (exact) mass is 328 g/mol. The summed E-state index contributed by atoms with van der Waals surface area (Å²) in [7, 11) is 0. The van der Waals surface area contributed by atoms with E-state index in [4.69, 9.17) is 18.9 Å². The number of hydrogen-bond donors (Lipinski definition) is 0. The molecule has 0 amide bonds. The highest BCUT2D eigenvalue weighted by atomic mass is 16.6. The number of carbonyl (C=O) groups excluding carboxylic acids is 1. The molecular formula is C19H20O5. The van der Waals surface area contributed by atoms with Crippen LogP contribution in [0, 0.1) is 0 Å².